The summed E-state index contributed by atoms with van der Waals surface area (Å²) in [5.41, 5.74) is 2.22. The van der Waals surface area contributed by atoms with Gasteiger partial charge in [0.1, 0.15) is 6.54 Å². The molecule has 1 aromatic carbocycles. The lowest BCUT2D eigenvalue weighted by atomic mass is 10.2. The van der Waals surface area contributed by atoms with Crippen LogP contribution in [0.2, 0.25) is 0 Å². The quantitative estimate of drug-likeness (QED) is 0.442. The predicted molar refractivity (Wildman–Crippen MR) is 126 cm³/mol. The molecular weight excluding hydrogens is 410 g/mol. The van der Waals surface area contributed by atoms with E-state index < -0.39 is 18.5 Å². The predicted octanol–water partition coefficient (Wildman–Crippen LogP) is 4.71. The smallest absolute Gasteiger partial charge is 0.325 e. The zero-order valence-corrected chi connectivity index (χ0v) is 18.3. The molecule has 2 N–H and O–H groups in total. The first-order valence-electron chi connectivity index (χ1n) is 9.58. The Morgan fingerprint density at radius 3 is 2.52 bits per heavy atom. The van der Waals surface area contributed by atoms with Gasteiger partial charge in [-0.2, -0.15) is 0 Å². The topological polar surface area (TPSA) is 78.5 Å². The molecule has 0 atom stereocenters. The van der Waals surface area contributed by atoms with Crippen molar-refractivity contribution in [3.8, 4) is 10.4 Å². The van der Waals surface area contributed by atoms with E-state index in [1.807, 2.05) is 48.5 Å². The van der Waals surface area contributed by atoms with Gasteiger partial charge in [0.2, 0.25) is 12.3 Å². The van der Waals surface area contributed by atoms with Crippen LogP contribution in [0.25, 0.3) is 16.5 Å². The molecule has 0 aliphatic heterocycles. The third kappa shape index (κ3) is 7.56. The van der Waals surface area contributed by atoms with Crippen LogP contribution in [0, 0.1) is 0 Å². The van der Waals surface area contributed by atoms with E-state index in [4.69, 9.17) is 0 Å². The van der Waals surface area contributed by atoms with Gasteiger partial charge >= 0.3 is 6.03 Å². The summed E-state index contributed by atoms with van der Waals surface area (Å²) in [6.07, 6.45) is 8.74. The molecule has 7 heteroatoms. The number of amides is 4. The molecule has 4 amide bonds. The van der Waals surface area contributed by atoms with Crippen molar-refractivity contribution in [2.24, 2.45) is 0 Å². The first-order chi connectivity index (χ1) is 15.0. The molecule has 2 rings (SSSR count). The summed E-state index contributed by atoms with van der Waals surface area (Å²) in [5.74, 6) is -0.489. The second-order valence-electron chi connectivity index (χ2n) is 6.45. The van der Waals surface area contributed by atoms with Gasteiger partial charge in [-0.15, -0.1) is 11.3 Å². The number of nitrogens with zero attached hydrogens (tertiary/aromatic N) is 1. The van der Waals surface area contributed by atoms with E-state index >= 15 is 0 Å². The van der Waals surface area contributed by atoms with Crippen LogP contribution in [0.5, 0.6) is 0 Å². The number of carbonyl (C=O) groups excluding carboxylic acids is 3. The average Bonchev–Trinajstić information content (AvgIpc) is 3.23. The molecule has 0 aliphatic carbocycles. The van der Waals surface area contributed by atoms with Crippen LogP contribution in [0.1, 0.15) is 18.7 Å². The molecule has 1 aromatic heterocycles. The van der Waals surface area contributed by atoms with Gasteiger partial charge in [0.15, 0.2) is 0 Å². The lowest BCUT2D eigenvalue weighted by Crippen LogP contribution is -2.44. The summed E-state index contributed by atoms with van der Waals surface area (Å²) in [6, 6.07) is 13.3. The number of carbonyl (C=O) groups is 3. The summed E-state index contributed by atoms with van der Waals surface area (Å²) < 4.78 is 0. The maximum absolute atomic E-state index is 12.4. The first kappa shape index (κ1) is 23.6. The fraction of sp³-hybridized carbons (Fsp3) is 0.125. The SMILES string of the molecule is C=C/C=C\C(=C/C)NC(=O)CN(C=O)C(=O)N/C(C)=C\c1ccc(-c2ccccc2)s1. The molecule has 1 heterocycles. The standard InChI is InChI=1S/C24H25N3O3S/c1-4-6-12-20(5-2)26-23(29)16-27(17-28)24(30)25-18(3)15-21-13-14-22(31-21)19-10-8-7-9-11-19/h4-15,17H,1,16H2,2-3H3,(H,25,30)(H,26,29)/b12-6-,18-15-,20-5+. The van der Waals surface area contributed by atoms with Crippen LogP contribution in [0.4, 0.5) is 4.79 Å². The zero-order valence-electron chi connectivity index (χ0n) is 17.5. The van der Waals surface area contributed by atoms with Gasteiger partial charge in [-0.3, -0.25) is 14.5 Å². The molecule has 0 bridgehead atoms. The van der Waals surface area contributed by atoms with E-state index in [9.17, 15) is 14.4 Å². The van der Waals surface area contributed by atoms with Gasteiger partial charge in [0.05, 0.1) is 0 Å². The third-order valence-corrected chi connectivity index (χ3v) is 5.14. The van der Waals surface area contributed by atoms with E-state index in [1.165, 1.54) is 0 Å². The van der Waals surface area contributed by atoms with Crippen LogP contribution in [0.15, 0.2) is 84.7 Å². The van der Waals surface area contributed by atoms with Crippen molar-refractivity contribution in [1.29, 1.82) is 0 Å². The molecule has 160 valence electrons. The summed E-state index contributed by atoms with van der Waals surface area (Å²) >= 11 is 1.59. The molecule has 2 aromatic rings. The van der Waals surface area contributed by atoms with E-state index in [1.54, 1.807) is 49.5 Å². The van der Waals surface area contributed by atoms with Gasteiger partial charge in [-0.1, -0.05) is 55.1 Å². The zero-order chi connectivity index (χ0) is 22.6. The van der Waals surface area contributed by atoms with Crippen molar-refractivity contribution in [1.82, 2.24) is 15.5 Å². The summed E-state index contributed by atoms with van der Waals surface area (Å²) in [6.45, 7) is 6.64. The number of urea groups is 1. The first-order valence-corrected chi connectivity index (χ1v) is 10.4. The maximum Gasteiger partial charge on any atom is 0.328 e. The fourth-order valence-electron chi connectivity index (χ4n) is 2.57. The average molecular weight is 436 g/mol. The Hall–Kier alpha value is -3.71. The molecule has 0 aliphatic rings. The molecular formula is C24H25N3O3S. The van der Waals surface area contributed by atoms with Crippen LogP contribution in [-0.2, 0) is 9.59 Å². The van der Waals surface area contributed by atoms with Gasteiger partial charge in [0, 0.05) is 21.1 Å². The number of rotatable bonds is 9. The Morgan fingerprint density at radius 2 is 1.87 bits per heavy atom. The van der Waals surface area contributed by atoms with Gasteiger partial charge in [-0.05, 0) is 43.7 Å². The largest absolute Gasteiger partial charge is 0.328 e. The van der Waals surface area contributed by atoms with E-state index in [0.717, 1.165) is 20.2 Å². The van der Waals surface area contributed by atoms with E-state index in [2.05, 4.69) is 17.2 Å². The van der Waals surface area contributed by atoms with Crippen LogP contribution in [-0.4, -0.2) is 29.8 Å². The van der Waals surface area contributed by atoms with Gasteiger partial charge in [0.25, 0.3) is 0 Å². The third-order valence-electron chi connectivity index (χ3n) is 4.06. The number of allylic oxidation sites excluding steroid dienone is 5. The highest BCUT2D eigenvalue weighted by molar-refractivity contribution is 7.16. The Kier molecular flexibility index (Phi) is 9.19. The highest BCUT2D eigenvalue weighted by Crippen LogP contribution is 2.28. The summed E-state index contributed by atoms with van der Waals surface area (Å²) in [7, 11) is 0. The summed E-state index contributed by atoms with van der Waals surface area (Å²) in [4.78, 5) is 38.7. The van der Waals surface area contributed by atoms with E-state index in [0.29, 0.717) is 17.8 Å². The lowest BCUT2D eigenvalue weighted by molar-refractivity contribution is -0.125. The normalized spacial score (nSPS) is 11.8. The van der Waals surface area contributed by atoms with Crippen LogP contribution >= 0.6 is 11.3 Å². The number of benzene rings is 1. The molecule has 0 fully saturated rings. The van der Waals surface area contributed by atoms with Crippen molar-refractivity contribution in [3.63, 3.8) is 0 Å². The second kappa shape index (κ2) is 12.1. The summed E-state index contributed by atoms with van der Waals surface area (Å²) in [5, 5.41) is 5.26. The number of imide groups is 1. The van der Waals surface area contributed by atoms with Crippen molar-refractivity contribution >= 4 is 35.8 Å². The van der Waals surface area contributed by atoms with Crippen molar-refractivity contribution in [2.45, 2.75) is 13.8 Å². The molecule has 0 saturated heterocycles. The lowest BCUT2D eigenvalue weighted by Gasteiger charge is -2.16. The number of hydrogen-bond acceptors (Lipinski definition) is 4. The highest BCUT2D eigenvalue weighted by Gasteiger charge is 2.17. The molecule has 0 spiro atoms. The van der Waals surface area contributed by atoms with Crippen molar-refractivity contribution < 1.29 is 14.4 Å². The minimum atomic E-state index is -0.678. The Balaban J connectivity index is 1.97. The second-order valence-corrected chi connectivity index (χ2v) is 7.56. The monoisotopic (exact) mass is 435 g/mol. The Labute approximate surface area is 186 Å². The minimum absolute atomic E-state index is 0.329. The van der Waals surface area contributed by atoms with E-state index in [-0.39, 0.29) is 0 Å². The van der Waals surface area contributed by atoms with Crippen molar-refractivity contribution in [2.75, 3.05) is 6.54 Å². The van der Waals surface area contributed by atoms with Gasteiger partial charge in [-0.25, -0.2) is 4.79 Å². The molecule has 0 radical (unpaired) electrons. The molecule has 31 heavy (non-hydrogen) atoms. The minimum Gasteiger partial charge on any atom is -0.325 e. The molecule has 6 nitrogen and oxygen atoms in total. The Bertz CT molecular complexity index is 1020. The highest BCUT2D eigenvalue weighted by atomic mass is 32.1. The molecule has 0 unspecified atom stereocenters. The molecule has 0 saturated carbocycles. The number of hydrogen-bond donors (Lipinski definition) is 2. The maximum atomic E-state index is 12.4. The van der Waals surface area contributed by atoms with Crippen molar-refractivity contribution in [3.05, 3.63) is 89.6 Å². The van der Waals surface area contributed by atoms with Crippen LogP contribution in [0.3, 0.4) is 0 Å². The fourth-order valence-corrected chi connectivity index (χ4v) is 3.59. The van der Waals surface area contributed by atoms with Crippen LogP contribution < -0.4 is 10.6 Å². The van der Waals surface area contributed by atoms with Gasteiger partial charge < -0.3 is 10.6 Å². The Morgan fingerprint density at radius 1 is 1.13 bits per heavy atom. The number of thiophene rings is 1. The number of nitrogens with one attached hydrogen (secondary N) is 2.